The number of rotatable bonds is 5. The molecule has 1 N–H and O–H groups in total. The molecule has 0 aliphatic carbocycles. The first-order valence-corrected chi connectivity index (χ1v) is 6.88. The molecule has 1 aromatic carbocycles. The van der Waals surface area contributed by atoms with Crippen molar-refractivity contribution in [2.24, 2.45) is 0 Å². The first-order chi connectivity index (χ1) is 9.43. The minimum Gasteiger partial charge on any atom is -0.491 e. The van der Waals surface area contributed by atoms with Gasteiger partial charge in [-0.05, 0) is 30.9 Å². The topological polar surface area (TPSA) is 39.1 Å². The Balaban J connectivity index is 1.55. The molecule has 0 spiro atoms. The summed E-state index contributed by atoms with van der Waals surface area (Å²) in [6.07, 6.45) is 8.96. The third-order valence-electron chi connectivity index (χ3n) is 3.41. The molecule has 100 valence electrons. The summed E-state index contributed by atoms with van der Waals surface area (Å²) < 4.78 is 7.98. The van der Waals surface area contributed by atoms with Gasteiger partial charge >= 0.3 is 0 Å². The first kappa shape index (κ1) is 12.1. The van der Waals surface area contributed by atoms with Gasteiger partial charge in [-0.25, -0.2) is 4.98 Å². The van der Waals surface area contributed by atoms with Gasteiger partial charge in [-0.1, -0.05) is 12.1 Å². The number of benzene rings is 1. The van der Waals surface area contributed by atoms with Crippen molar-refractivity contribution in [1.29, 1.82) is 0 Å². The maximum Gasteiger partial charge on any atom is 0.142 e. The highest BCUT2D eigenvalue weighted by atomic mass is 16.5. The first-order valence-electron chi connectivity index (χ1n) is 6.88. The van der Waals surface area contributed by atoms with Crippen molar-refractivity contribution < 1.29 is 4.74 Å². The van der Waals surface area contributed by atoms with Crippen LogP contribution in [0.15, 0.2) is 36.9 Å². The lowest BCUT2D eigenvalue weighted by Gasteiger charge is -2.21. The van der Waals surface area contributed by atoms with Gasteiger partial charge in [0.25, 0.3) is 0 Å². The van der Waals surface area contributed by atoms with Crippen molar-refractivity contribution in [3.8, 4) is 5.75 Å². The quantitative estimate of drug-likeness (QED) is 0.837. The number of nitrogens with one attached hydrogen (secondary N) is 1. The van der Waals surface area contributed by atoms with Crippen LogP contribution >= 0.6 is 0 Å². The van der Waals surface area contributed by atoms with Crippen LogP contribution in [0.5, 0.6) is 5.75 Å². The van der Waals surface area contributed by atoms with Gasteiger partial charge in [0.05, 0.1) is 18.6 Å². The predicted octanol–water partition coefficient (Wildman–Crippen LogP) is 2.71. The number of para-hydroxylation sites is 1. The number of hydrogen-bond acceptors (Lipinski definition) is 3. The zero-order valence-electron chi connectivity index (χ0n) is 11.0. The molecule has 0 bridgehead atoms. The van der Waals surface area contributed by atoms with E-state index in [1.165, 1.54) is 17.7 Å². The third kappa shape index (κ3) is 2.89. The number of anilines is 1. The highest BCUT2D eigenvalue weighted by molar-refractivity contribution is 5.63. The molecule has 1 aromatic heterocycles. The zero-order valence-corrected chi connectivity index (χ0v) is 11.0. The molecular weight excluding hydrogens is 238 g/mol. The van der Waals surface area contributed by atoms with Gasteiger partial charge in [0, 0.05) is 25.5 Å². The lowest BCUT2D eigenvalue weighted by atomic mass is 10.0. The van der Waals surface area contributed by atoms with E-state index in [0.717, 1.165) is 38.3 Å². The number of aromatic nitrogens is 2. The van der Waals surface area contributed by atoms with Gasteiger partial charge in [-0.2, -0.15) is 0 Å². The van der Waals surface area contributed by atoms with Crippen LogP contribution in [-0.2, 0) is 13.0 Å². The summed E-state index contributed by atoms with van der Waals surface area (Å²) in [4.78, 5) is 4.03. The fourth-order valence-electron chi connectivity index (χ4n) is 2.45. The molecule has 4 nitrogen and oxygen atoms in total. The molecular formula is C15H19N3O. The minimum atomic E-state index is 0.732. The molecule has 0 amide bonds. The lowest BCUT2D eigenvalue weighted by Crippen LogP contribution is -2.13. The zero-order chi connectivity index (χ0) is 12.9. The fraction of sp³-hybridized carbons (Fsp3) is 0.400. The van der Waals surface area contributed by atoms with E-state index in [-0.39, 0.29) is 0 Å². The molecule has 0 radical (unpaired) electrons. The van der Waals surface area contributed by atoms with Crippen LogP contribution in [0.4, 0.5) is 5.69 Å². The molecule has 1 aliphatic heterocycles. The largest absolute Gasteiger partial charge is 0.491 e. The SMILES string of the molecule is c1cc2c(c(OCCCn3ccnc3)c1)NCCC2. The molecule has 0 atom stereocenters. The summed E-state index contributed by atoms with van der Waals surface area (Å²) >= 11 is 0. The Labute approximate surface area is 113 Å². The van der Waals surface area contributed by atoms with Crippen LogP contribution in [0.3, 0.4) is 0 Å². The number of nitrogens with zero attached hydrogens (tertiary/aromatic N) is 2. The fourth-order valence-corrected chi connectivity index (χ4v) is 2.45. The summed E-state index contributed by atoms with van der Waals surface area (Å²) in [5.74, 6) is 0.989. The van der Waals surface area contributed by atoms with Crippen LogP contribution in [0, 0.1) is 0 Å². The summed E-state index contributed by atoms with van der Waals surface area (Å²) in [6, 6.07) is 6.31. The van der Waals surface area contributed by atoms with E-state index in [2.05, 4.69) is 27.0 Å². The molecule has 0 unspecified atom stereocenters. The van der Waals surface area contributed by atoms with E-state index >= 15 is 0 Å². The van der Waals surface area contributed by atoms with Crippen LogP contribution in [0.2, 0.25) is 0 Å². The Morgan fingerprint density at radius 2 is 2.37 bits per heavy atom. The Morgan fingerprint density at radius 3 is 3.26 bits per heavy atom. The maximum atomic E-state index is 5.91. The Kier molecular flexibility index (Phi) is 3.68. The van der Waals surface area contributed by atoms with Crippen LogP contribution in [0.25, 0.3) is 0 Å². The Bertz CT molecular complexity index is 522. The van der Waals surface area contributed by atoms with Crippen molar-refractivity contribution in [3.05, 3.63) is 42.5 Å². The van der Waals surface area contributed by atoms with Gasteiger partial charge in [0.1, 0.15) is 5.75 Å². The second-order valence-corrected chi connectivity index (χ2v) is 4.82. The van der Waals surface area contributed by atoms with Crippen molar-refractivity contribution in [1.82, 2.24) is 9.55 Å². The summed E-state index contributed by atoms with van der Waals surface area (Å²) in [5.41, 5.74) is 2.56. The monoisotopic (exact) mass is 257 g/mol. The second-order valence-electron chi connectivity index (χ2n) is 4.82. The molecule has 0 fully saturated rings. The highest BCUT2D eigenvalue weighted by Gasteiger charge is 2.12. The van der Waals surface area contributed by atoms with E-state index in [9.17, 15) is 0 Å². The van der Waals surface area contributed by atoms with Crippen LogP contribution in [-0.4, -0.2) is 22.7 Å². The predicted molar refractivity (Wildman–Crippen MR) is 75.6 cm³/mol. The van der Waals surface area contributed by atoms with E-state index in [1.807, 2.05) is 18.6 Å². The van der Waals surface area contributed by atoms with Crippen LogP contribution in [0.1, 0.15) is 18.4 Å². The summed E-state index contributed by atoms with van der Waals surface area (Å²) in [5, 5.41) is 3.45. The maximum absolute atomic E-state index is 5.91. The second kappa shape index (κ2) is 5.78. The normalized spacial score (nSPS) is 13.7. The minimum absolute atomic E-state index is 0.732. The smallest absolute Gasteiger partial charge is 0.142 e. The standard InChI is InChI=1S/C15H19N3O/c1-4-13-5-2-7-17-15(13)14(6-1)19-11-3-9-18-10-8-16-12-18/h1,4,6,8,10,12,17H,2-3,5,7,9,11H2. The molecule has 3 rings (SSSR count). The van der Waals surface area contributed by atoms with Gasteiger partial charge in [0.15, 0.2) is 0 Å². The average molecular weight is 257 g/mol. The summed E-state index contributed by atoms with van der Waals surface area (Å²) in [6.45, 7) is 2.72. The average Bonchev–Trinajstić information content (AvgIpc) is 2.97. The van der Waals surface area contributed by atoms with E-state index < -0.39 is 0 Å². The molecule has 0 saturated carbocycles. The van der Waals surface area contributed by atoms with Crippen molar-refractivity contribution in [3.63, 3.8) is 0 Å². The number of aryl methyl sites for hydroxylation is 2. The summed E-state index contributed by atoms with van der Waals surface area (Å²) in [7, 11) is 0. The molecule has 19 heavy (non-hydrogen) atoms. The molecule has 4 heteroatoms. The number of hydrogen-bond donors (Lipinski definition) is 1. The number of fused-ring (bicyclic) bond motifs is 1. The van der Waals surface area contributed by atoms with Gasteiger partial charge < -0.3 is 14.6 Å². The van der Waals surface area contributed by atoms with Gasteiger partial charge in [-0.3, -0.25) is 0 Å². The van der Waals surface area contributed by atoms with Crippen LogP contribution < -0.4 is 10.1 Å². The van der Waals surface area contributed by atoms with Crippen molar-refractivity contribution in [2.45, 2.75) is 25.8 Å². The van der Waals surface area contributed by atoms with E-state index in [4.69, 9.17) is 4.74 Å². The molecule has 2 heterocycles. The van der Waals surface area contributed by atoms with E-state index in [0.29, 0.717) is 0 Å². The highest BCUT2D eigenvalue weighted by Crippen LogP contribution is 2.31. The Hall–Kier alpha value is -1.97. The Morgan fingerprint density at radius 1 is 1.37 bits per heavy atom. The van der Waals surface area contributed by atoms with E-state index in [1.54, 1.807) is 6.20 Å². The van der Waals surface area contributed by atoms with Gasteiger partial charge in [-0.15, -0.1) is 0 Å². The number of ether oxygens (including phenoxy) is 1. The van der Waals surface area contributed by atoms with Crippen molar-refractivity contribution in [2.75, 3.05) is 18.5 Å². The number of imidazole rings is 1. The molecule has 2 aromatic rings. The molecule has 1 aliphatic rings. The van der Waals surface area contributed by atoms with Crippen molar-refractivity contribution >= 4 is 5.69 Å². The lowest BCUT2D eigenvalue weighted by molar-refractivity contribution is 0.302. The third-order valence-corrected chi connectivity index (χ3v) is 3.41. The molecule has 0 saturated heterocycles. The van der Waals surface area contributed by atoms with Gasteiger partial charge in [0.2, 0.25) is 0 Å².